The summed E-state index contributed by atoms with van der Waals surface area (Å²) in [5.74, 6) is 0.770. The van der Waals surface area contributed by atoms with Gasteiger partial charge < -0.3 is 19.1 Å². The van der Waals surface area contributed by atoms with Crippen molar-refractivity contribution in [3.63, 3.8) is 0 Å². The molecule has 4 heterocycles. The summed E-state index contributed by atoms with van der Waals surface area (Å²) in [7, 11) is 0. The lowest BCUT2D eigenvalue weighted by molar-refractivity contribution is -0.383. The topological polar surface area (TPSA) is 112 Å². The van der Waals surface area contributed by atoms with Crippen LogP contribution in [0.5, 0.6) is 0 Å². The van der Waals surface area contributed by atoms with Gasteiger partial charge in [-0.15, -0.1) is 0 Å². The highest BCUT2D eigenvalue weighted by atomic mass is 16.6. The van der Waals surface area contributed by atoms with E-state index in [0.717, 1.165) is 19.6 Å². The van der Waals surface area contributed by atoms with E-state index in [0.29, 0.717) is 56.7 Å². The monoisotopic (exact) mass is 477 g/mol. The van der Waals surface area contributed by atoms with Crippen LogP contribution >= 0.6 is 0 Å². The van der Waals surface area contributed by atoms with Gasteiger partial charge in [-0.3, -0.25) is 19.8 Å². The van der Waals surface area contributed by atoms with Gasteiger partial charge in [0.25, 0.3) is 5.91 Å². The Morgan fingerprint density at radius 2 is 1.51 bits per heavy atom. The van der Waals surface area contributed by atoms with Crippen LogP contribution in [0.25, 0.3) is 0 Å². The zero-order valence-corrected chi connectivity index (χ0v) is 19.3. The van der Waals surface area contributed by atoms with Crippen molar-refractivity contribution in [1.82, 2.24) is 19.8 Å². The Balaban J connectivity index is 1.27. The van der Waals surface area contributed by atoms with Crippen LogP contribution in [-0.4, -0.2) is 83.0 Å². The fourth-order valence-corrected chi connectivity index (χ4v) is 4.62. The van der Waals surface area contributed by atoms with Gasteiger partial charge in [0, 0.05) is 58.9 Å². The molecule has 2 aromatic heterocycles. The van der Waals surface area contributed by atoms with Crippen LogP contribution in [0.4, 0.5) is 17.3 Å². The van der Waals surface area contributed by atoms with Gasteiger partial charge in [-0.1, -0.05) is 30.3 Å². The summed E-state index contributed by atoms with van der Waals surface area (Å²) in [5.41, 5.74) is 1.18. The first-order valence-corrected chi connectivity index (χ1v) is 11.7. The average molecular weight is 478 g/mol. The van der Waals surface area contributed by atoms with Crippen molar-refractivity contribution in [1.29, 1.82) is 0 Å². The third kappa shape index (κ3) is 4.94. The van der Waals surface area contributed by atoms with Crippen LogP contribution in [0.3, 0.4) is 0 Å². The molecule has 2 aliphatic heterocycles. The highest BCUT2D eigenvalue weighted by Gasteiger charge is 2.33. The Morgan fingerprint density at radius 1 is 0.886 bits per heavy atom. The minimum atomic E-state index is -0.388. The quantitative estimate of drug-likeness (QED) is 0.390. The Hall–Kier alpha value is -3.99. The number of hydrogen-bond donors (Lipinski definition) is 0. The fraction of sp³-hybridized carbons (Fsp3) is 0.375. The molecule has 2 aliphatic rings. The minimum Gasteiger partial charge on any atom is -0.459 e. The van der Waals surface area contributed by atoms with Gasteiger partial charge in [0.05, 0.1) is 11.2 Å². The van der Waals surface area contributed by atoms with E-state index in [1.54, 1.807) is 17.0 Å². The molecule has 2 fully saturated rings. The highest BCUT2D eigenvalue weighted by molar-refractivity contribution is 5.91. The maximum absolute atomic E-state index is 12.6. The van der Waals surface area contributed by atoms with Gasteiger partial charge >= 0.3 is 5.69 Å². The molecule has 1 aromatic carbocycles. The molecule has 35 heavy (non-hydrogen) atoms. The van der Waals surface area contributed by atoms with Crippen molar-refractivity contribution in [2.45, 2.75) is 6.54 Å². The smallest absolute Gasteiger partial charge is 0.353 e. The molecule has 0 spiro atoms. The van der Waals surface area contributed by atoms with E-state index in [4.69, 9.17) is 4.42 Å². The van der Waals surface area contributed by atoms with E-state index in [9.17, 15) is 14.9 Å². The second-order valence-electron chi connectivity index (χ2n) is 8.63. The van der Waals surface area contributed by atoms with Crippen LogP contribution in [-0.2, 0) is 6.54 Å². The van der Waals surface area contributed by atoms with Crippen LogP contribution in [0.15, 0.2) is 59.5 Å². The van der Waals surface area contributed by atoms with E-state index in [2.05, 4.69) is 27.0 Å². The molecule has 0 atom stereocenters. The number of benzene rings is 1. The highest BCUT2D eigenvalue weighted by Crippen LogP contribution is 2.35. The second-order valence-corrected chi connectivity index (χ2v) is 8.63. The van der Waals surface area contributed by atoms with Gasteiger partial charge in [-0.25, -0.2) is 9.97 Å². The summed E-state index contributed by atoms with van der Waals surface area (Å²) in [6, 6.07) is 13.6. The number of nitrogens with zero attached hydrogens (tertiary/aromatic N) is 7. The third-order valence-corrected chi connectivity index (χ3v) is 6.49. The van der Waals surface area contributed by atoms with Crippen LogP contribution in [0.2, 0.25) is 0 Å². The van der Waals surface area contributed by atoms with Crippen molar-refractivity contribution >= 4 is 23.2 Å². The predicted octanol–water partition coefficient (Wildman–Crippen LogP) is 2.26. The Morgan fingerprint density at radius 3 is 2.09 bits per heavy atom. The number of rotatable bonds is 6. The van der Waals surface area contributed by atoms with Crippen LogP contribution in [0, 0.1) is 10.1 Å². The summed E-state index contributed by atoms with van der Waals surface area (Å²) in [6.07, 6.45) is 2.87. The number of aromatic nitrogens is 2. The van der Waals surface area contributed by atoms with Crippen molar-refractivity contribution < 1.29 is 14.1 Å². The fourth-order valence-electron chi connectivity index (χ4n) is 4.62. The van der Waals surface area contributed by atoms with Gasteiger partial charge in [0.15, 0.2) is 5.76 Å². The molecule has 0 bridgehead atoms. The number of carbonyl (C=O) groups excluding carboxylic acids is 1. The molecule has 3 aromatic rings. The average Bonchev–Trinajstić information content (AvgIpc) is 3.44. The van der Waals surface area contributed by atoms with Crippen LogP contribution in [0.1, 0.15) is 16.1 Å². The second kappa shape index (κ2) is 10.1. The SMILES string of the molecule is O=C(c1ccco1)N1CCN(c2ncnc(N3CCN(Cc4ccccc4)CC3)c2[N+](=O)[O-])CC1. The predicted molar refractivity (Wildman–Crippen MR) is 129 cm³/mol. The van der Waals surface area contributed by atoms with Crippen molar-refractivity contribution in [2.75, 3.05) is 62.2 Å². The number of anilines is 2. The zero-order chi connectivity index (χ0) is 24.2. The van der Waals surface area contributed by atoms with Crippen LogP contribution < -0.4 is 9.80 Å². The molecule has 0 radical (unpaired) electrons. The Kier molecular flexibility index (Phi) is 6.57. The maximum Gasteiger partial charge on any atom is 0.353 e. The summed E-state index contributed by atoms with van der Waals surface area (Å²) >= 11 is 0. The molecule has 5 rings (SSSR count). The molecule has 0 saturated carbocycles. The summed E-state index contributed by atoms with van der Waals surface area (Å²) < 4.78 is 5.21. The number of hydrogen-bond acceptors (Lipinski definition) is 9. The van der Waals surface area contributed by atoms with Gasteiger partial charge in [0.2, 0.25) is 11.6 Å². The van der Waals surface area contributed by atoms with Gasteiger partial charge in [-0.2, -0.15) is 0 Å². The largest absolute Gasteiger partial charge is 0.459 e. The molecule has 2 saturated heterocycles. The third-order valence-electron chi connectivity index (χ3n) is 6.49. The minimum absolute atomic E-state index is 0.0742. The zero-order valence-electron chi connectivity index (χ0n) is 19.3. The van der Waals surface area contributed by atoms with E-state index in [-0.39, 0.29) is 16.5 Å². The van der Waals surface area contributed by atoms with E-state index in [1.165, 1.54) is 18.2 Å². The number of piperazine rings is 2. The van der Waals surface area contributed by atoms with Crippen molar-refractivity contribution in [3.8, 4) is 0 Å². The lowest BCUT2D eigenvalue weighted by Gasteiger charge is -2.36. The standard InChI is InChI=1S/C24H27N7O4/c32-24(20-7-4-16-35-20)30-14-12-29(13-15-30)23-21(31(33)34)22(25-18-26-23)28-10-8-27(9-11-28)17-19-5-2-1-3-6-19/h1-7,16,18H,8-15,17H2. The first-order valence-electron chi connectivity index (χ1n) is 11.7. The molecule has 0 unspecified atom stereocenters. The first kappa shape index (κ1) is 22.8. The van der Waals surface area contributed by atoms with Gasteiger partial charge in [-0.05, 0) is 17.7 Å². The number of carbonyl (C=O) groups is 1. The summed E-state index contributed by atoms with van der Waals surface area (Å²) in [5, 5.41) is 12.1. The number of furan rings is 1. The van der Waals surface area contributed by atoms with Crippen molar-refractivity contribution in [3.05, 3.63) is 76.5 Å². The van der Waals surface area contributed by atoms with Crippen molar-refractivity contribution in [2.24, 2.45) is 0 Å². The molecule has 182 valence electrons. The maximum atomic E-state index is 12.6. The molecular weight excluding hydrogens is 450 g/mol. The summed E-state index contributed by atoms with van der Waals surface area (Å²) in [6.45, 7) is 5.46. The Labute approximate surface area is 202 Å². The van der Waals surface area contributed by atoms with Gasteiger partial charge in [0.1, 0.15) is 6.33 Å². The lowest BCUT2D eigenvalue weighted by atomic mass is 10.2. The molecule has 11 heteroatoms. The number of amides is 1. The van der Waals surface area contributed by atoms with E-state index >= 15 is 0 Å². The molecule has 11 nitrogen and oxygen atoms in total. The Bertz CT molecular complexity index is 1160. The lowest BCUT2D eigenvalue weighted by Crippen LogP contribution is -2.49. The normalized spacial score (nSPS) is 17.0. The van der Waals surface area contributed by atoms with E-state index in [1.807, 2.05) is 28.0 Å². The number of nitro groups is 1. The summed E-state index contributed by atoms with van der Waals surface area (Å²) in [4.78, 5) is 40.8. The van der Waals surface area contributed by atoms with E-state index < -0.39 is 0 Å². The molecule has 0 N–H and O–H groups in total. The molecule has 1 amide bonds. The first-order chi connectivity index (χ1) is 17.1. The molecule has 0 aliphatic carbocycles. The molecular formula is C24H27N7O4.